The highest BCUT2D eigenvalue weighted by molar-refractivity contribution is 5.73. The summed E-state index contributed by atoms with van der Waals surface area (Å²) in [4.78, 5) is 14.7. The molecule has 0 spiro atoms. The van der Waals surface area contributed by atoms with Gasteiger partial charge in [0.05, 0.1) is 0 Å². The van der Waals surface area contributed by atoms with Crippen molar-refractivity contribution in [3.8, 4) is 0 Å². The molecule has 1 amide bonds. The minimum atomic E-state index is -0.279. The van der Waals surface area contributed by atoms with Crippen LogP contribution in [0.4, 0.5) is 0 Å². The Labute approximate surface area is 71.6 Å². The molecule has 0 saturated carbocycles. The maximum atomic E-state index is 10.5. The predicted octanol–water partition coefficient (Wildman–Crippen LogP) is 0.808. The molecule has 3 heteroatoms. The Morgan fingerprint density at radius 1 is 1.58 bits per heavy atom. The Morgan fingerprint density at radius 2 is 2.33 bits per heavy atom. The van der Waals surface area contributed by atoms with Crippen molar-refractivity contribution in [1.29, 1.82) is 0 Å². The van der Waals surface area contributed by atoms with Crippen LogP contribution in [0.5, 0.6) is 0 Å². The second kappa shape index (κ2) is 3.85. The number of nitrogens with two attached hydrogens (primary N) is 1. The van der Waals surface area contributed by atoms with Crippen molar-refractivity contribution in [1.82, 2.24) is 4.98 Å². The Bertz CT molecular complexity index is 284. The third kappa shape index (κ3) is 2.70. The molecular weight excluding hydrogens is 152 g/mol. The van der Waals surface area contributed by atoms with Gasteiger partial charge >= 0.3 is 0 Å². The minimum Gasteiger partial charge on any atom is -0.370 e. The smallest absolute Gasteiger partial charge is 0.217 e. The number of hydrogen-bond donors (Lipinski definition) is 1. The molecule has 0 aliphatic rings. The minimum absolute atomic E-state index is 0.279. The second-order valence-corrected chi connectivity index (χ2v) is 2.74. The molecule has 0 saturated heterocycles. The number of amides is 1. The fourth-order valence-electron chi connectivity index (χ4n) is 0.990. The summed E-state index contributed by atoms with van der Waals surface area (Å²) in [6.45, 7) is 1.92. The normalized spacial score (nSPS) is 9.75. The number of aryl methyl sites for hydroxylation is 2. The quantitative estimate of drug-likeness (QED) is 0.718. The number of pyridine rings is 1. The number of carbonyl (C=O) groups is 1. The van der Waals surface area contributed by atoms with Gasteiger partial charge in [0.15, 0.2) is 0 Å². The molecule has 1 rings (SSSR count). The molecule has 0 fully saturated rings. The lowest BCUT2D eigenvalue weighted by atomic mass is 10.2. The lowest BCUT2D eigenvalue weighted by Gasteiger charge is -1.98. The van der Waals surface area contributed by atoms with Crippen LogP contribution in [-0.2, 0) is 11.2 Å². The van der Waals surface area contributed by atoms with Gasteiger partial charge in [-0.1, -0.05) is 6.07 Å². The van der Waals surface area contributed by atoms with E-state index in [2.05, 4.69) is 4.98 Å². The van der Waals surface area contributed by atoms with E-state index in [1.54, 1.807) is 0 Å². The summed E-state index contributed by atoms with van der Waals surface area (Å²) in [7, 11) is 0. The topological polar surface area (TPSA) is 56.0 Å². The van der Waals surface area contributed by atoms with Crippen molar-refractivity contribution < 1.29 is 4.79 Å². The number of carbonyl (C=O) groups excluding carboxylic acids is 1. The summed E-state index contributed by atoms with van der Waals surface area (Å²) >= 11 is 0. The van der Waals surface area contributed by atoms with Crippen molar-refractivity contribution in [2.75, 3.05) is 0 Å². The Kier molecular flexibility index (Phi) is 2.80. The molecule has 0 unspecified atom stereocenters. The van der Waals surface area contributed by atoms with Crippen LogP contribution in [0.1, 0.15) is 17.8 Å². The van der Waals surface area contributed by atoms with E-state index in [0.717, 1.165) is 11.4 Å². The number of aromatic nitrogens is 1. The van der Waals surface area contributed by atoms with Gasteiger partial charge in [0.25, 0.3) is 0 Å². The third-order valence-corrected chi connectivity index (χ3v) is 1.57. The summed E-state index contributed by atoms with van der Waals surface area (Å²) in [6.07, 6.45) is 1.01. The number of hydrogen-bond acceptors (Lipinski definition) is 2. The molecule has 2 N–H and O–H groups in total. The summed E-state index contributed by atoms with van der Waals surface area (Å²) in [5, 5.41) is 0. The zero-order chi connectivity index (χ0) is 8.97. The zero-order valence-corrected chi connectivity index (χ0v) is 7.08. The number of primary amides is 1. The van der Waals surface area contributed by atoms with Gasteiger partial charge in [0.2, 0.25) is 5.91 Å². The first-order valence-corrected chi connectivity index (χ1v) is 3.89. The van der Waals surface area contributed by atoms with Crippen molar-refractivity contribution >= 4 is 5.91 Å². The third-order valence-electron chi connectivity index (χ3n) is 1.57. The molecule has 0 atom stereocenters. The van der Waals surface area contributed by atoms with Crippen molar-refractivity contribution in [2.45, 2.75) is 19.8 Å². The first-order chi connectivity index (χ1) is 5.68. The van der Waals surface area contributed by atoms with Crippen LogP contribution in [0, 0.1) is 6.92 Å². The number of rotatable bonds is 3. The molecular formula is C9H12N2O. The van der Waals surface area contributed by atoms with Crippen molar-refractivity contribution in [3.63, 3.8) is 0 Å². The fraction of sp³-hybridized carbons (Fsp3) is 0.333. The van der Waals surface area contributed by atoms with Crippen LogP contribution in [0.15, 0.2) is 18.2 Å². The highest BCUT2D eigenvalue weighted by Gasteiger charge is 1.97. The summed E-state index contributed by atoms with van der Waals surface area (Å²) in [5.41, 5.74) is 6.91. The van der Waals surface area contributed by atoms with Crippen LogP contribution in [0.25, 0.3) is 0 Å². The Balaban J connectivity index is 2.57. The first kappa shape index (κ1) is 8.71. The van der Waals surface area contributed by atoms with Crippen LogP contribution < -0.4 is 5.73 Å². The van der Waals surface area contributed by atoms with Gasteiger partial charge in [0, 0.05) is 17.8 Å². The lowest BCUT2D eigenvalue weighted by molar-refractivity contribution is -0.118. The molecule has 0 aliphatic carbocycles. The predicted molar refractivity (Wildman–Crippen MR) is 46.5 cm³/mol. The van der Waals surface area contributed by atoms with E-state index in [1.165, 1.54) is 0 Å². The SMILES string of the molecule is Cc1cccc(CCC(N)=O)n1. The van der Waals surface area contributed by atoms with Crippen LogP contribution in [-0.4, -0.2) is 10.9 Å². The first-order valence-electron chi connectivity index (χ1n) is 3.89. The average molecular weight is 164 g/mol. The highest BCUT2D eigenvalue weighted by Crippen LogP contribution is 2.00. The monoisotopic (exact) mass is 164 g/mol. The van der Waals surface area contributed by atoms with Gasteiger partial charge in [-0.05, 0) is 25.5 Å². The molecule has 0 bridgehead atoms. The second-order valence-electron chi connectivity index (χ2n) is 2.74. The van der Waals surface area contributed by atoms with E-state index >= 15 is 0 Å². The maximum Gasteiger partial charge on any atom is 0.217 e. The van der Waals surface area contributed by atoms with Crippen LogP contribution in [0.2, 0.25) is 0 Å². The standard InChI is InChI=1S/C9H12N2O/c1-7-3-2-4-8(11-7)5-6-9(10)12/h2-4H,5-6H2,1H3,(H2,10,12). The van der Waals surface area contributed by atoms with Crippen molar-refractivity contribution in [3.05, 3.63) is 29.6 Å². The van der Waals surface area contributed by atoms with Crippen LogP contribution >= 0.6 is 0 Å². The molecule has 0 aromatic carbocycles. The lowest BCUT2D eigenvalue weighted by Crippen LogP contribution is -2.11. The Hall–Kier alpha value is -1.38. The van der Waals surface area contributed by atoms with E-state index in [9.17, 15) is 4.79 Å². The largest absolute Gasteiger partial charge is 0.370 e. The summed E-state index contributed by atoms with van der Waals surface area (Å²) in [6, 6.07) is 5.75. The van der Waals surface area contributed by atoms with Gasteiger partial charge in [-0.2, -0.15) is 0 Å². The average Bonchev–Trinajstić information content (AvgIpc) is 2.01. The molecule has 3 nitrogen and oxygen atoms in total. The van der Waals surface area contributed by atoms with E-state index in [0.29, 0.717) is 12.8 Å². The van der Waals surface area contributed by atoms with Gasteiger partial charge in [-0.3, -0.25) is 9.78 Å². The molecule has 0 radical (unpaired) electrons. The molecule has 1 aromatic rings. The Morgan fingerprint density at radius 3 is 2.92 bits per heavy atom. The van der Waals surface area contributed by atoms with E-state index in [1.807, 2.05) is 25.1 Å². The van der Waals surface area contributed by atoms with Gasteiger partial charge < -0.3 is 5.73 Å². The fourth-order valence-corrected chi connectivity index (χ4v) is 0.990. The van der Waals surface area contributed by atoms with Crippen LogP contribution in [0.3, 0.4) is 0 Å². The van der Waals surface area contributed by atoms with Gasteiger partial charge in [-0.15, -0.1) is 0 Å². The zero-order valence-electron chi connectivity index (χ0n) is 7.08. The van der Waals surface area contributed by atoms with Gasteiger partial charge in [-0.25, -0.2) is 0 Å². The van der Waals surface area contributed by atoms with Gasteiger partial charge in [0.1, 0.15) is 0 Å². The number of nitrogens with zero attached hydrogens (tertiary/aromatic N) is 1. The van der Waals surface area contributed by atoms with Crippen molar-refractivity contribution in [2.24, 2.45) is 5.73 Å². The highest BCUT2D eigenvalue weighted by atomic mass is 16.1. The molecule has 1 heterocycles. The maximum absolute atomic E-state index is 10.5. The van der Waals surface area contributed by atoms with E-state index in [4.69, 9.17) is 5.73 Å². The summed E-state index contributed by atoms with van der Waals surface area (Å²) < 4.78 is 0. The van der Waals surface area contributed by atoms with E-state index < -0.39 is 0 Å². The summed E-state index contributed by atoms with van der Waals surface area (Å²) in [5.74, 6) is -0.279. The van der Waals surface area contributed by atoms with E-state index in [-0.39, 0.29) is 5.91 Å². The molecule has 1 aromatic heterocycles. The molecule has 0 aliphatic heterocycles. The molecule has 12 heavy (non-hydrogen) atoms. The molecule has 64 valence electrons.